The minimum atomic E-state index is -1.08. The number of carbonyl (C=O) groups is 5. The second-order valence-electron chi connectivity index (χ2n) is 13.0. The minimum absolute atomic E-state index is 0.0265. The number of nitrogens with one attached hydrogen (secondary N) is 3. The van der Waals surface area contributed by atoms with Crippen LogP contribution in [-0.2, 0) is 14.4 Å². The topological polar surface area (TPSA) is 178 Å². The number of hydrogen-bond donors (Lipinski definition) is 3. The monoisotopic (exact) mass is 740 g/mol. The van der Waals surface area contributed by atoms with E-state index in [9.17, 15) is 28.4 Å². The lowest BCUT2D eigenvalue weighted by Gasteiger charge is -2.27. The number of fused-ring (bicyclic) bond motifs is 2. The first-order valence-electron chi connectivity index (χ1n) is 17.9. The summed E-state index contributed by atoms with van der Waals surface area (Å²) in [6.07, 6.45) is 7.93. The predicted molar refractivity (Wildman–Crippen MR) is 196 cm³/mol. The summed E-state index contributed by atoms with van der Waals surface area (Å²) in [6, 6.07) is 11.6. The number of halogens is 1. The van der Waals surface area contributed by atoms with Crippen molar-refractivity contribution in [3.8, 4) is 23.1 Å². The number of unbranched alkanes of at least 4 members (excludes halogenated alkanes) is 6. The molecule has 1 atom stereocenters. The molecule has 4 aromatic rings. The van der Waals surface area contributed by atoms with E-state index < -0.39 is 35.5 Å². The maximum absolute atomic E-state index is 14.6. The Morgan fingerprint density at radius 2 is 1.70 bits per heavy atom. The van der Waals surface area contributed by atoms with E-state index in [1.165, 1.54) is 31.6 Å². The van der Waals surface area contributed by atoms with Gasteiger partial charge in [0.05, 0.1) is 41.4 Å². The van der Waals surface area contributed by atoms with Crippen molar-refractivity contribution in [3.05, 3.63) is 71.8 Å². The summed E-state index contributed by atoms with van der Waals surface area (Å²) >= 11 is 0. The van der Waals surface area contributed by atoms with Crippen LogP contribution in [0.2, 0.25) is 0 Å². The van der Waals surface area contributed by atoms with Crippen LogP contribution in [0.4, 0.5) is 15.8 Å². The second kappa shape index (κ2) is 17.1. The van der Waals surface area contributed by atoms with Crippen LogP contribution < -0.4 is 30.2 Å². The summed E-state index contributed by atoms with van der Waals surface area (Å²) in [7, 11) is 3.24. The van der Waals surface area contributed by atoms with Gasteiger partial charge in [-0.15, -0.1) is 0 Å². The normalized spacial score (nSPS) is 15.2. The SMILES string of the molecule is CNc1ccc(Oc2ncnc3cc(OCCCCCCCCCC(=O)Nc4cccc5c4C(=O)N(C4CCC(=O)NC4=O)C5=O)c(OC)cc23)c(F)c1. The first-order chi connectivity index (χ1) is 26.2. The zero-order valence-corrected chi connectivity index (χ0v) is 30.0. The quantitative estimate of drug-likeness (QED) is 0.0836. The summed E-state index contributed by atoms with van der Waals surface area (Å²) < 4.78 is 31.9. The average Bonchev–Trinajstić information content (AvgIpc) is 3.42. The highest BCUT2D eigenvalue weighted by atomic mass is 19.1. The highest BCUT2D eigenvalue weighted by molar-refractivity contribution is 6.26. The summed E-state index contributed by atoms with van der Waals surface area (Å²) in [4.78, 5) is 72.4. The van der Waals surface area contributed by atoms with Gasteiger partial charge in [0.15, 0.2) is 23.1 Å². The Balaban J connectivity index is 0.900. The molecule has 2 aliphatic rings. The lowest BCUT2D eigenvalue weighted by atomic mass is 10.0. The predicted octanol–water partition coefficient (Wildman–Crippen LogP) is 6.15. The third-order valence-electron chi connectivity index (χ3n) is 9.36. The lowest BCUT2D eigenvalue weighted by molar-refractivity contribution is -0.136. The molecule has 0 aliphatic carbocycles. The van der Waals surface area contributed by atoms with Gasteiger partial charge in [-0.05, 0) is 49.6 Å². The van der Waals surface area contributed by atoms with Gasteiger partial charge in [-0.3, -0.25) is 34.2 Å². The molecule has 3 aromatic carbocycles. The number of rotatable bonds is 17. The Morgan fingerprint density at radius 1 is 0.926 bits per heavy atom. The fourth-order valence-electron chi connectivity index (χ4n) is 6.52. The number of hydrogen-bond acceptors (Lipinski definition) is 11. The van der Waals surface area contributed by atoms with Crippen LogP contribution >= 0.6 is 0 Å². The fraction of sp³-hybridized carbons (Fsp3) is 0.359. The van der Waals surface area contributed by atoms with E-state index in [0.717, 1.165) is 43.4 Å². The van der Waals surface area contributed by atoms with Crippen LogP contribution in [0, 0.1) is 5.82 Å². The van der Waals surface area contributed by atoms with Crippen LogP contribution in [0.3, 0.4) is 0 Å². The molecule has 2 aliphatic heterocycles. The molecule has 3 N–H and O–H groups in total. The molecular weight excluding hydrogens is 699 g/mol. The molecule has 0 radical (unpaired) electrons. The van der Waals surface area contributed by atoms with Crippen molar-refractivity contribution in [2.24, 2.45) is 0 Å². The smallest absolute Gasteiger partial charge is 0.264 e. The number of benzene rings is 3. The first kappa shape index (κ1) is 37.6. The Labute approximate surface area is 310 Å². The molecule has 0 spiro atoms. The Hall–Kier alpha value is -6.12. The number of carbonyl (C=O) groups excluding carboxylic acids is 5. The minimum Gasteiger partial charge on any atom is -0.493 e. The van der Waals surface area contributed by atoms with Crippen molar-refractivity contribution < 1.29 is 42.6 Å². The van der Waals surface area contributed by atoms with Gasteiger partial charge in [-0.25, -0.2) is 14.4 Å². The standard InChI is InChI=1S/C39H41FN6O8/c1-41-23-14-16-30(26(40)19-23)54-37-25-20-31(52-2)32(21-28(25)42-22-43-37)53-18-9-7-5-3-4-6-8-13-33(47)44-27-12-10-11-24-35(27)39(51)46(38(24)50)29-15-17-34(48)45-36(29)49/h10-12,14,16,19-22,29,41H,3-9,13,15,17-18H2,1-2H3,(H,44,47)(H,45,48,49). The number of ether oxygens (including phenoxy) is 3. The van der Waals surface area contributed by atoms with E-state index >= 15 is 0 Å². The number of nitrogens with zero attached hydrogens (tertiary/aromatic N) is 3. The Bertz CT molecular complexity index is 2090. The third-order valence-corrected chi connectivity index (χ3v) is 9.36. The largest absolute Gasteiger partial charge is 0.493 e. The fourth-order valence-corrected chi connectivity index (χ4v) is 6.52. The average molecular weight is 741 g/mol. The summed E-state index contributed by atoms with van der Waals surface area (Å²) in [5.41, 5.74) is 1.58. The van der Waals surface area contributed by atoms with Gasteiger partial charge < -0.3 is 24.8 Å². The molecule has 1 fully saturated rings. The molecule has 0 bridgehead atoms. The number of methoxy groups -OCH3 is 1. The van der Waals surface area contributed by atoms with Crippen LogP contribution in [0.5, 0.6) is 23.1 Å². The molecule has 1 saturated heterocycles. The van der Waals surface area contributed by atoms with Gasteiger partial charge in [0, 0.05) is 37.7 Å². The molecule has 1 aromatic heterocycles. The van der Waals surface area contributed by atoms with Crippen LogP contribution in [0.1, 0.15) is 84.9 Å². The molecule has 0 saturated carbocycles. The number of imide groups is 2. The molecule has 3 heterocycles. The van der Waals surface area contributed by atoms with Gasteiger partial charge in [0.2, 0.25) is 23.6 Å². The first-order valence-corrected chi connectivity index (χ1v) is 17.9. The molecule has 14 nitrogen and oxygen atoms in total. The van der Waals surface area contributed by atoms with Gasteiger partial charge in [-0.2, -0.15) is 0 Å². The van der Waals surface area contributed by atoms with Crippen molar-refractivity contribution in [1.29, 1.82) is 0 Å². The number of anilines is 2. The van der Waals surface area contributed by atoms with Gasteiger partial charge in [0.25, 0.3) is 11.8 Å². The van der Waals surface area contributed by atoms with E-state index in [0.29, 0.717) is 41.1 Å². The van der Waals surface area contributed by atoms with Crippen LogP contribution in [0.25, 0.3) is 10.9 Å². The molecule has 6 rings (SSSR count). The van der Waals surface area contributed by atoms with E-state index in [-0.39, 0.29) is 53.6 Å². The highest BCUT2D eigenvalue weighted by Gasteiger charge is 2.45. The van der Waals surface area contributed by atoms with E-state index in [1.54, 1.807) is 37.4 Å². The van der Waals surface area contributed by atoms with Gasteiger partial charge in [0.1, 0.15) is 12.4 Å². The van der Waals surface area contributed by atoms with Crippen molar-refractivity contribution in [3.63, 3.8) is 0 Å². The zero-order valence-electron chi connectivity index (χ0n) is 30.0. The Morgan fingerprint density at radius 3 is 2.44 bits per heavy atom. The summed E-state index contributed by atoms with van der Waals surface area (Å²) in [5.74, 6) is -1.99. The van der Waals surface area contributed by atoms with Crippen LogP contribution in [-0.4, -0.2) is 71.2 Å². The van der Waals surface area contributed by atoms with Gasteiger partial charge in [-0.1, -0.05) is 38.2 Å². The Kier molecular flexibility index (Phi) is 11.9. The molecule has 15 heteroatoms. The second-order valence-corrected chi connectivity index (χ2v) is 13.0. The molecule has 54 heavy (non-hydrogen) atoms. The van der Waals surface area contributed by atoms with Gasteiger partial charge >= 0.3 is 0 Å². The van der Waals surface area contributed by atoms with Crippen LogP contribution in [0.15, 0.2) is 54.9 Å². The zero-order chi connectivity index (χ0) is 38.2. The van der Waals surface area contributed by atoms with E-state index in [1.807, 2.05) is 0 Å². The number of piperidine rings is 1. The molecule has 282 valence electrons. The van der Waals surface area contributed by atoms with E-state index in [4.69, 9.17) is 14.2 Å². The van der Waals surface area contributed by atoms with Crippen molar-refractivity contribution >= 4 is 51.8 Å². The molecular formula is C39H41FN6O8. The maximum Gasteiger partial charge on any atom is 0.264 e. The third kappa shape index (κ3) is 8.40. The molecule has 5 amide bonds. The molecule has 1 unspecified atom stereocenters. The maximum atomic E-state index is 14.6. The lowest BCUT2D eigenvalue weighted by Crippen LogP contribution is -2.54. The van der Waals surface area contributed by atoms with Crippen molar-refractivity contribution in [2.45, 2.75) is 70.3 Å². The van der Waals surface area contributed by atoms with Crippen molar-refractivity contribution in [2.75, 3.05) is 31.4 Å². The highest BCUT2D eigenvalue weighted by Crippen LogP contribution is 2.37. The van der Waals surface area contributed by atoms with E-state index in [2.05, 4.69) is 25.9 Å². The van der Waals surface area contributed by atoms with Crippen molar-refractivity contribution in [1.82, 2.24) is 20.2 Å². The number of aromatic nitrogens is 2. The summed E-state index contributed by atoms with van der Waals surface area (Å²) in [6.45, 7) is 0.474. The summed E-state index contributed by atoms with van der Waals surface area (Å²) in [5, 5.41) is 8.37. The number of amides is 5.